The number of rotatable bonds is 6. The molecule has 0 rings (SSSR count). The van der Waals surface area contributed by atoms with Crippen LogP contribution in [0.2, 0.25) is 0 Å². The van der Waals surface area contributed by atoms with Crippen molar-refractivity contribution in [1.82, 2.24) is 10.4 Å². The van der Waals surface area contributed by atoms with Crippen LogP contribution < -0.4 is 5.48 Å². The van der Waals surface area contributed by atoms with Crippen LogP contribution in [0.25, 0.3) is 0 Å². The molecule has 0 heterocycles. The second kappa shape index (κ2) is 7.06. The first-order chi connectivity index (χ1) is 5.74. The van der Waals surface area contributed by atoms with Crippen molar-refractivity contribution >= 4 is 5.91 Å². The van der Waals surface area contributed by atoms with Gasteiger partial charge in [0.05, 0.1) is 0 Å². The highest BCUT2D eigenvalue weighted by Crippen LogP contribution is 1.94. The lowest BCUT2D eigenvalue weighted by atomic mass is 10.3. The van der Waals surface area contributed by atoms with Crippen molar-refractivity contribution in [2.24, 2.45) is 0 Å². The van der Waals surface area contributed by atoms with Gasteiger partial charge in [0.1, 0.15) is 0 Å². The fraction of sp³-hybridized carbons (Fsp3) is 0.875. The van der Waals surface area contributed by atoms with E-state index in [9.17, 15) is 4.79 Å². The molecule has 0 spiro atoms. The molecule has 0 aliphatic heterocycles. The summed E-state index contributed by atoms with van der Waals surface area (Å²) in [7, 11) is 0. The lowest BCUT2D eigenvalue weighted by Crippen LogP contribution is -2.26. The van der Waals surface area contributed by atoms with Gasteiger partial charge in [0.15, 0.2) is 0 Å². The Morgan fingerprint density at radius 1 is 1.42 bits per heavy atom. The van der Waals surface area contributed by atoms with Gasteiger partial charge < -0.3 is 4.90 Å². The van der Waals surface area contributed by atoms with Crippen molar-refractivity contribution in [3.8, 4) is 0 Å². The normalized spacial score (nSPS) is 10.3. The molecular formula is C8H18N2O2. The average molecular weight is 174 g/mol. The van der Waals surface area contributed by atoms with Crippen LogP contribution in [0.15, 0.2) is 0 Å². The van der Waals surface area contributed by atoms with Gasteiger partial charge >= 0.3 is 0 Å². The Morgan fingerprint density at radius 2 is 2.00 bits per heavy atom. The van der Waals surface area contributed by atoms with E-state index >= 15 is 0 Å². The highest BCUT2D eigenvalue weighted by molar-refractivity contribution is 5.74. The third kappa shape index (κ3) is 5.09. The maximum atomic E-state index is 10.6. The van der Waals surface area contributed by atoms with Crippen molar-refractivity contribution in [3.63, 3.8) is 0 Å². The summed E-state index contributed by atoms with van der Waals surface area (Å²) in [4.78, 5) is 12.8. The van der Waals surface area contributed by atoms with Gasteiger partial charge in [0.25, 0.3) is 0 Å². The molecule has 12 heavy (non-hydrogen) atoms. The van der Waals surface area contributed by atoms with Gasteiger partial charge in [0.2, 0.25) is 5.91 Å². The number of hydroxylamine groups is 1. The molecule has 72 valence electrons. The Balaban J connectivity index is 3.34. The summed E-state index contributed by atoms with van der Waals surface area (Å²) in [6, 6.07) is 0. The third-order valence-corrected chi connectivity index (χ3v) is 1.90. The van der Waals surface area contributed by atoms with Gasteiger partial charge in [-0.1, -0.05) is 13.8 Å². The lowest BCUT2D eigenvalue weighted by Gasteiger charge is -2.16. The fourth-order valence-corrected chi connectivity index (χ4v) is 1.06. The number of nitrogens with one attached hydrogen (secondary N) is 1. The van der Waals surface area contributed by atoms with Gasteiger partial charge in [-0.2, -0.15) is 0 Å². The van der Waals surface area contributed by atoms with Crippen LogP contribution in [0.5, 0.6) is 0 Å². The number of carbonyl (C=O) groups excluding carboxylic acids is 1. The molecule has 0 fully saturated rings. The minimum Gasteiger partial charge on any atom is -0.304 e. The summed E-state index contributed by atoms with van der Waals surface area (Å²) in [6.45, 7) is 7.13. The van der Waals surface area contributed by atoms with Gasteiger partial charge in [-0.05, 0) is 26.1 Å². The minimum atomic E-state index is -0.304. The highest BCUT2D eigenvalue weighted by atomic mass is 16.5. The van der Waals surface area contributed by atoms with Crippen LogP contribution in [0.3, 0.4) is 0 Å². The largest absolute Gasteiger partial charge is 0.304 e. The second-order valence-corrected chi connectivity index (χ2v) is 2.67. The van der Waals surface area contributed by atoms with Crippen molar-refractivity contribution in [1.29, 1.82) is 0 Å². The maximum absolute atomic E-state index is 10.6. The molecule has 0 aromatic rings. The molecule has 0 unspecified atom stereocenters. The number of hydrogen-bond donors (Lipinski definition) is 2. The first kappa shape index (κ1) is 11.4. The molecule has 0 saturated heterocycles. The molecule has 2 N–H and O–H groups in total. The predicted molar refractivity (Wildman–Crippen MR) is 47.0 cm³/mol. The lowest BCUT2D eigenvalue weighted by molar-refractivity contribution is -0.129. The Morgan fingerprint density at radius 3 is 2.42 bits per heavy atom. The minimum absolute atomic E-state index is 0.304. The zero-order chi connectivity index (χ0) is 9.40. The summed E-state index contributed by atoms with van der Waals surface area (Å²) in [6.07, 6.45) is 1.20. The quantitative estimate of drug-likeness (QED) is 0.458. The van der Waals surface area contributed by atoms with Gasteiger partial charge in [-0.3, -0.25) is 10.0 Å². The topological polar surface area (TPSA) is 52.6 Å². The number of nitrogens with zero attached hydrogens (tertiary/aromatic N) is 1. The predicted octanol–water partition coefficient (Wildman–Crippen LogP) is 0.614. The monoisotopic (exact) mass is 174 g/mol. The molecule has 0 atom stereocenters. The smallest absolute Gasteiger partial charge is 0.243 e. The van der Waals surface area contributed by atoms with Crippen molar-refractivity contribution < 1.29 is 10.0 Å². The van der Waals surface area contributed by atoms with E-state index in [1.807, 2.05) is 0 Å². The van der Waals surface area contributed by atoms with Gasteiger partial charge in [0, 0.05) is 6.42 Å². The summed E-state index contributed by atoms with van der Waals surface area (Å²) in [5, 5.41) is 8.20. The van der Waals surface area contributed by atoms with E-state index in [0.29, 0.717) is 6.42 Å². The Hall–Kier alpha value is -0.610. The Labute approximate surface area is 73.5 Å². The molecule has 0 radical (unpaired) electrons. The van der Waals surface area contributed by atoms with Crippen molar-refractivity contribution in [2.75, 3.05) is 19.6 Å². The zero-order valence-electron chi connectivity index (χ0n) is 7.84. The maximum Gasteiger partial charge on any atom is 0.243 e. The van der Waals surface area contributed by atoms with E-state index in [1.165, 1.54) is 0 Å². The van der Waals surface area contributed by atoms with Gasteiger partial charge in [-0.15, -0.1) is 0 Å². The standard InChI is InChI=1S/C8H18N2O2/c1-3-10(4-2)7-5-6-8(11)9-12/h12H,3-7H2,1-2H3,(H,9,11). The molecule has 0 saturated carbocycles. The van der Waals surface area contributed by atoms with Crippen molar-refractivity contribution in [3.05, 3.63) is 0 Å². The summed E-state index contributed by atoms with van der Waals surface area (Å²) >= 11 is 0. The Bertz CT molecular complexity index is 124. The van der Waals surface area contributed by atoms with E-state index in [0.717, 1.165) is 26.1 Å². The van der Waals surface area contributed by atoms with E-state index in [-0.39, 0.29) is 5.91 Å². The van der Waals surface area contributed by atoms with Crippen LogP contribution in [-0.2, 0) is 4.79 Å². The highest BCUT2D eigenvalue weighted by Gasteiger charge is 2.01. The Kier molecular flexibility index (Phi) is 6.70. The summed E-state index contributed by atoms with van der Waals surface area (Å²) in [5.41, 5.74) is 1.62. The zero-order valence-corrected chi connectivity index (χ0v) is 7.84. The first-order valence-electron chi connectivity index (χ1n) is 4.39. The molecule has 1 amide bonds. The molecule has 0 aromatic carbocycles. The summed E-state index contributed by atoms with van der Waals surface area (Å²) in [5.74, 6) is -0.304. The van der Waals surface area contributed by atoms with Crippen molar-refractivity contribution in [2.45, 2.75) is 26.7 Å². The van der Waals surface area contributed by atoms with E-state index in [4.69, 9.17) is 5.21 Å². The molecule has 4 nitrogen and oxygen atoms in total. The first-order valence-corrected chi connectivity index (χ1v) is 4.39. The number of amides is 1. The van der Waals surface area contributed by atoms with Crippen LogP contribution in [0.1, 0.15) is 26.7 Å². The van der Waals surface area contributed by atoms with E-state index < -0.39 is 0 Å². The van der Waals surface area contributed by atoms with Crippen LogP contribution in [-0.4, -0.2) is 35.6 Å². The van der Waals surface area contributed by atoms with E-state index in [2.05, 4.69) is 18.7 Å². The molecular weight excluding hydrogens is 156 g/mol. The molecule has 0 aromatic heterocycles. The molecule has 4 heteroatoms. The van der Waals surface area contributed by atoms with Crippen LogP contribution >= 0.6 is 0 Å². The van der Waals surface area contributed by atoms with Crippen LogP contribution in [0.4, 0.5) is 0 Å². The molecule has 0 bridgehead atoms. The van der Waals surface area contributed by atoms with Crippen LogP contribution in [0, 0.1) is 0 Å². The molecule has 0 aliphatic carbocycles. The number of carbonyl (C=O) groups is 1. The SMILES string of the molecule is CCN(CC)CCCC(=O)NO. The van der Waals surface area contributed by atoms with E-state index in [1.54, 1.807) is 5.48 Å². The third-order valence-electron chi connectivity index (χ3n) is 1.90. The average Bonchev–Trinajstić information content (AvgIpc) is 2.12. The molecule has 0 aliphatic rings. The fourth-order valence-electron chi connectivity index (χ4n) is 1.06. The summed E-state index contributed by atoms with van der Waals surface area (Å²) < 4.78 is 0. The van der Waals surface area contributed by atoms with Gasteiger partial charge in [-0.25, -0.2) is 5.48 Å². The second-order valence-electron chi connectivity index (χ2n) is 2.67. The number of hydrogen-bond acceptors (Lipinski definition) is 3.